The maximum atomic E-state index is 11.7. The maximum absolute atomic E-state index is 11.7. The molecule has 1 unspecified atom stereocenters. The number of carbonyl (C=O) groups excluding carboxylic acids is 2. The van der Waals surface area contributed by atoms with Crippen LogP contribution in [-0.4, -0.2) is 45.6 Å². The van der Waals surface area contributed by atoms with E-state index in [1.807, 2.05) is 0 Å². The molecule has 0 radical (unpaired) electrons. The predicted octanol–water partition coefficient (Wildman–Crippen LogP) is -0.764. The average Bonchev–Trinajstić information content (AvgIpc) is 2.33. The van der Waals surface area contributed by atoms with E-state index in [0.29, 0.717) is 12.8 Å². The van der Waals surface area contributed by atoms with Crippen molar-refractivity contribution in [2.75, 3.05) is 5.75 Å². The Hall–Kier alpha value is -1.08. The van der Waals surface area contributed by atoms with E-state index in [1.165, 1.54) is 0 Å². The van der Waals surface area contributed by atoms with Crippen molar-refractivity contribution in [3.8, 4) is 0 Å². The molecule has 1 heterocycles. The minimum absolute atomic E-state index is 0.112. The van der Waals surface area contributed by atoms with E-state index in [-0.39, 0.29) is 12.2 Å². The zero-order valence-corrected chi connectivity index (χ0v) is 9.52. The molecule has 2 amide bonds. The van der Waals surface area contributed by atoms with Gasteiger partial charge in [-0.25, -0.2) is 4.79 Å². The van der Waals surface area contributed by atoms with Gasteiger partial charge in [0.25, 0.3) is 0 Å². The van der Waals surface area contributed by atoms with Crippen LogP contribution in [0.15, 0.2) is 0 Å². The van der Waals surface area contributed by atoms with E-state index in [1.54, 1.807) is 0 Å². The molecular formula is C9H14N2O4S. The smallest absolute Gasteiger partial charge is 0.327 e. The van der Waals surface area contributed by atoms with Crippen molar-refractivity contribution in [2.45, 2.75) is 31.3 Å². The molecule has 0 saturated carbocycles. The predicted molar refractivity (Wildman–Crippen MR) is 59.0 cm³/mol. The Labute approximate surface area is 98.2 Å². The fraction of sp³-hybridized carbons (Fsp3) is 0.667. The molecular weight excluding hydrogens is 232 g/mol. The number of hydrogen-bond donors (Lipinski definition) is 3. The van der Waals surface area contributed by atoms with Crippen LogP contribution in [0.4, 0.5) is 0 Å². The van der Waals surface area contributed by atoms with Crippen LogP contribution in [-0.2, 0) is 14.4 Å². The highest BCUT2D eigenvalue weighted by Gasteiger charge is 2.37. The number of imide groups is 1. The van der Waals surface area contributed by atoms with Gasteiger partial charge in [-0.3, -0.25) is 14.5 Å². The Morgan fingerprint density at radius 1 is 1.62 bits per heavy atom. The molecule has 2 atom stereocenters. The summed E-state index contributed by atoms with van der Waals surface area (Å²) in [4.78, 5) is 35.0. The fourth-order valence-electron chi connectivity index (χ4n) is 1.62. The number of hydrogen-bond acceptors (Lipinski definition) is 5. The van der Waals surface area contributed by atoms with Gasteiger partial charge in [0.15, 0.2) is 0 Å². The molecule has 0 aromatic heterocycles. The van der Waals surface area contributed by atoms with Crippen molar-refractivity contribution < 1.29 is 19.5 Å². The zero-order chi connectivity index (χ0) is 12.3. The highest BCUT2D eigenvalue weighted by Crippen LogP contribution is 2.16. The second kappa shape index (κ2) is 5.31. The van der Waals surface area contributed by atoms with Crippen LogP contribution in [0.5, 0.6) is 0 Å². The molecule has 1 rings (SSSR count). The minimum atomic E-state index is -1.24. The summed E-state index contributed by atoms with van der Waals surface area (Å²) in [6, 6.07) is -2.03. The molecule has 0 spiro atoms. The van der Waals surface area contributed by atoms with Crippen molar-refractivity contribution >= 4 is 30.4 Å². The van der Waals surface area contributed by atoms with Crippen LogP contribution in [0.2, 0.25) is 0 Å². The van der Waals surface area contributed by atoms with Gasteiger partial charge in [0.1, 0.15) is 6.04 Å². The lowest BCUT2D eigenvalue weighted by atomic mass is 10.1. The monoisotopic (exact) mass is 246 g/mol. The summed E-state index contributed by atoms with van der Waals surface area (Å²) < 4.78 is 0. The topological polar surface area (TPSA) is 101 Å². The third kappa shape index (κ3) is 2.53. The molecule has 1 fully saturated rings. The van der Waals surface area contributed by atoms with E-state index in [0.717, 1.165) is 4.90 Å². The summed E-state index contributed by atoms with van der Waals surface area (Å²) in [5.74, 6) is -2.46. The highest BCUT2D eigenvalue weighted by molar-refractivity contribution is 7.80. The number of carboxylic acid groups (broad SMARTS) is 1. The number of likely N-dealkylation sites (tertiary alicyclic amines) is 1. The molecule has 0 aliphatic carbocycles. The van der Waals surface area contributed by atoms with Gasteiger partial charge >= 0.3 is 5.97 Å². The Bertz CT molecular complexity index is 321. The van der Waals surface area contributed by atoms with Crippen molar-refractivity contribution in [1.29, 1.82) is 0 Å². The minimum Gasteiger partial charge on any atom is -0.480 e. The molecule has 3 N–H and O–H groups in total. The number of carboxylic acids is 1. The van der Waals surface area contributed by atoms with Gasteiger partial charge < -0.3 is 10.8 Å². The van der Waals surface area contributed by atoms with Gasteiger partial charge in [-0.2, -0.15) is 12.6 Å². The van der Waals surface area contributed by atoms with Crippen molar-refractivity contribution in [3.63, 3.8) is 0 Å². The van der Waals surface area contributed by atoms with Crippen LogP contribution in [0.1, 0.15) is 19.3 Å². The first-order valence-corrected chi connectivity index (χ1v) is 5.57. The lowest BCUT2D eigenvalue weighted by Gasteiger charge is -2.26. The first-order chi connectivity index (χ1) is 7.49. The molecule has 1 saturated heterocycles. The highest BCUT2D eigenvalue weighted by atomic mass is 32.1. The number of amides is 2. The average molecular weight is 246 g/mol. The lowest BCUT2D eigenvalue weighted by molar-refractivity contribution is -0.156. The van der Waals surface area contributed by atoms with Gasteiger partial charge in [-0.1, -0.05) is 0 Å². The molecule has 1 aliphatic heterocycles. The molecule has 16 heavy (non-hydrogen) atoms. The summed E-state index contributed by atoms with van der Waals surface area (Å²) >= 11 is 3.84. The fourth-order valence-corrected chi connectivity index (χ4v) is 1.94. The normalized spacial score (nSPS) is 24.1. The zero-order valence-electron chi connectivity index (χ0n) is 8.63. The Morgan fingerprint density at radius 2 is 2.25 bits per heavy atom. The number of rotatable bonds is 3. The second-order valence-corrected chi connectivity index (χ2v) is 4.00. The molecule has 0 aromatic rings. The first-order valence-electron chi connectivity index (χ1n) is 4.94. The second-order valence-electron chi connectivity index (χ2n) is 3.64. The number of aliphatic carboxylic acids is 1. The van der Waals surface area contributed by atoms with E-state index >= 15 is 0 Å². The number of nitrogens with two attached hydrogens (primary N) is 1. The first kappa shape index (κ1) is 13.0. The van der Waals surface area contributed by atoms with E-state index in [2.05, 4.69) is 12.6 Å². The summed E-state index contributed by atoms with van der Waals surface area (Å²) in [7, 11) is 0. The lowest BCUT2D eigenvalue weighted by Crippen LogP contribution is -2.53. The summed E-state index contributed by atoms with van der Waals surface area (Å²) in [6.07, 6.45) is 1.05. The van der Waals surface area contributed by atoms with E-state index < -0.39 is 29.9 Å². The number of nitrogens with zero attached hydrogens (tertiary/aromatic N) is 1. The molecule has 1 aliphatic rings. The van der Waals surface area contributed by atoms with Crippen LogP contribution in [0, 0.1) is 0 Å². The molecule has 6 nitrogen and oxygen atoms in total. The molecule has 0 aromatic carbocycles. The molecule has 7 heteroatoms. The SMILES string of the molecule is NC1CCCC(=O)N([C@@H](CS)C(=O)O)C1=O. The third-order valence-electron chi connectivity index (χ3n) is 2.50. The van der Waals surface area contributed by atoms with Crippen molar-refractivity contribution in [2.24, 2.45) is 5.73 Å². The maximum Gasteiger partial charge on any atom is 0.327 e. The van der Waals surface area contributed by atoms with Gasteiger partial charge in [0.05, 0.1) is 6.04 Å². The van der Waals surface area contributed by atoms with Crippen LogP contribution in [0.25, 0.3) is 0 Å². The molecule has 90 valence electrons. The van der Waals surface area contributed by atoms with E-state index in [4.69, 9.17) is 10.8 Å². The third-order valence-corrected chi connectivity index (χ3v) is 2.84. The Kier molecular flexibility index (Phi) is 4.31. The van der Waals surface area contributed by atoms with Crippen molar-refractivity contribution in [1.82, 2.24) is 4.90 Å². The van der Waals surface area contributed by atoms with E-state index in [9.17, 15) is 14.4 Å². The van der Waals surface area contributed by atoms with Gasteiger partial charge in [-0.15, -0.1) is 0 Å². The summed E-state index contributed by atoms with van der Waals surface area (Å²) in [5, 5.41) is 8.90. The Balaban J connectivity index is 2.99. The summed E-state index contributed by atoms with van der Waals surface area (Å²) in [5.41, 5.74) is 5.56. The standard InChI is InChI=1S/C9H14N2O4S/c10-5-2-1-3-7(12)11(8(5)13)6(4-16)9(14)15/h5-6,16H,1-4,10H2,(H,14,15)/t5?,6-/m0/s1. The quantitative estimate of drug-likeness (QED) is 0.449. The van der Waals surface area contributed by atoms with Gasteiger partial charge in [0.2, 0.25) is 11.8 Å². The molecule has 0 bridgehead atoms. The Morgan fingerprint density at radius 3 is 2.75 bits per heavy atom. The van der Waals surface area contributed by atoms with Crippen LogP contribution >= 0.6 is 12.6 Å². The number of carbonyl (C=O) groups is 3. The van der Waals surface area contributed by atoms with Gasteiger partial charge in [0, 0.05) is 12.2 Å². The summed E-state index contributed by atoms with van der Waals surface area (Å²) in [6.45, 7) is 0. The van der Waals surface area contributed by atoms with Crippen molar-refractivity contribution in [3.05, 3.63) is 0 Å². The van der Waals surface area contributed by atoms with Crippen LogP contribution < -0.4 is 5.73 Å². The van der Waals surface area contributed by atoms with Gasteiger partial charge in [-0.05, 0) is 12.8 Å². The number of thiol groups is 1. The van der Waals surface area contributed by atoms with Crippen LogP contribution in [0.3, 0.4) is 0 Å². The largest absolute Gasteiger partial charge is 0.480 e.